The predicted octanol–water partition coefficient (Wildman–Crippen LogP) is 4.90. The van der Waals surface area contributed by atoms with E-state index in [9.17, 15) is 4.79 Å². The summed E-state index contributed by atoms with van der Waals surface area (Å²) in [4.78, 5) is 20.6. The number of ether oxygens (including phenoxy) is 1. The summed E-state index contributed by atoms with van der Waals surface area (Å²) in [6, 6.07) is 19.9. The van der Waals surface area contributed by atoms with Crippen LogP contribution >= 0.6 is 0 Å². The molecule has 6 heteroatoms. The van der Waals surface area contributed by atoms with Crippen LogP contribution < -0.4 is 4.74 Å². The average molecular weight is 441 g/mol. The van der Waals surface area contributed by atoms with E-state index in [1.807, 2.05) is 47.4 Å². The van der Waals surface area contributed by atoms with Crippen molar-refractivity contribution in [2.45, 2.75) is 39.2 Å². The highest BCUT2D eigenvalue weighted by atomic mass is 16.5. The van der Waals surface area contributed by atoms with Crippen molar-refractivity contribution < 1.29 is 9.53 Å². The Bertz CT molecular complexity index is 1350. The molecule has 0 saturated carbocycles. The van der Waals surface area contributed by atoms with Crippen LogP contribution in [0.1, 0.15) is 48.1 Å². The van der Waals surface area contributed by atoms with E-state index in [0.717, 1.165) is 29.1 Å². The van der Waals surface area contributed by atoms with E-state index in [-0.39, 0.29) is 11.3 Å². The summed E-state index contributed by atoms with van der Waals surface area (Å²) in [7, 11) is 1.64. The molecule has 1 aliphatic rings. The highest BCUT2D eigenvalue weighted by molar-refractivity contribution is 5.94. The summed E-state index contributed by atoms with van der Waals surface area (Å²) in [5, 5.41) is 4.79. The number of carbonyl (C=O) groups is 1. The number of benzene rings is 2. The summed E-state index contributed by atoms with van der Waals surface area (Å²) in [6.07, 6.45) is 0.852. The Kier molecular flexibility index (Phi) is 5.16. The van der Waals surface area contributed by atoms with E-state index >= 15 is 0 Å². The molecule has 3 heterocycles. The molecule has 0 spiro atoms. The van der Waals surface area contributed by atoms with Crippen molar-refractivity contribution >= 4 is 11.6 Å². The molecule has 2 aromatic carbocycles. The van der Waals surface area contributed by atoms with E-state index < -0.39 is 0 Å². The SMILES string of the molecule is COc1cccc(-c2cc(C(=O)N3CCc4ccccc4C3)n3nc(C(C)(C)C)cc3n2)c1. The standard InChI is InChI=1S/C27H28N4O2/c1-27(2,3)24-16-25-28-22(19-10-7-11-21(14-19)33-4)15-23(31(25)29-24)26(32)30-13-12-18-8-5-6-9-20(18)17-30/h5-11,14-16H,12-13,17H2,1-4H3. The number of fused-ring (bicyclic) bond motifs is 2. The van der Waals surface area contributed by atoms with Gasteiger partial charge in [0.2, 0.25) is 0 Å². The van der Waals surface area contributed by atoms with E-state index in [2.05, 4.69) is 39.0 Å². The van der Waals surface area contributed by atoms with Crippen molar-refractivity contribution in [3.05, 3.63) is 83.2 Å². The Morgan fingerprint density at radius 2 is 1.79 bits per heavy atom. The van der Waals surface area contributed by atoms with Crippen molar-refractivity contribution in [1.82, 2.24) is 19.5 Å². The third kappa shape index (κ3) is 3.97. The van der Waals surface area contributed by atoms with E-state index in [4.69, 9.17) is 14.8 Å². The predicted molar refractivity (Wildman–Crippen MR) is 129 cm³/mol. The molecule has 0 N–H and O–H groups in total. The molecule has 6 nitrogen and oxygen atoms in total. The normalized spacial score (nSPS) is 13.8. The number of methoxy groups -OCH3 is 1. The molecule has 0 unspecified atom stereocenters. The van der Waals surface area contributed by atoms with E-state index in [1.165, 1.54) is 11.1 Å². The zero-order chi connectivity index (χ0) is 23.2. The minimum atomic E-state index is -0.159. The van der Waals surface area contributed by atoms with Crippen LogP contribution in [0.25, 0.3) is 16.9 Å². The van der Waals surface area contributed by atoms with Crippen LogP contribution in [-0.4, -0.2) is 39.1 Å². The van der Waals surface area contributed by atoms with Crippen molar-refractivity contribution in [2.75, 3.05) is 13.7 Å². The molecular formula is C27H28N4O2. The third-order valence-electron chi connectivity index (χ3n) is 6.20. The smallest absolute Gasteiger partial charge is 0.272 e. The van der Waals surface area contributed by atoms with Crippen LogP contribution in [0.2, 0.25) is 0 Å². The van der Waals surface area contributed by atoms with Gasteiger partial charge >= 0.3 is 0 Å². The molecule has 0 saturated heterocycles. The van der Waals surface area contributed by atoms with E-state index in [0.29, 0.717) is 24.4 Å². The van der Waals surface area contributed by atoms with Gasteiger partial charge in [-0.1, -0.05) is 57.2 Å². The number of carbonyl (C=O) groups excluding carboxylic acids is 1. The Hall–Kier alpha value is -3.67. The van der Waals surface area contributed by atoms with Gasteiger partial charge in [-0.25, -0.2) is 9.50 Å². The number of hydrogen-bond donors (Lipinski definition) is 0. The van der Waals surface area contributed by atoms with Gasteiger partial charge in [0.05, 0.1) is 18.5 Å². The molecule has 2 aromatic heterocycles. The highest BCUT2D eigenvalue weighted by Gasteiger charge is 2.27. The van der Waals surface area contributed by atoms with Crippen LogP contribution in [0, 0.1) is 0 Å². The summed E-state index contributed by atoms with van der Waals surface area (Å²) >= 11 is 0. The lowest BCUT2D eigenvalue weighted by Gasteiger charge is -2.29. The second-order valence-electron chi connectivity index (χ2n) is 9.55. The van der Waals surface area contributed by atoms with Gasteiger partial charge in [0, 0.05) is 30.1 Å². The highest BCUT2D eigenvalue weighted by Crippen LogP contribution is 2.28. The van der Waals surface area contributed by atoms with Gasteiger partial charge in [0.15, 0.2) is 5.65 Å². The van der Waals surface area contributed by atoms with Crippen molar-refractivity contribution in [3.63, 3.8) is 0 Å². The second-order valence-corrected chi connectivity index (χ2v) is 9.55. The van der Waals surface area contributed by atoms with Crippen LogP contribution in [0.5, 0.6) is 5.75 Å². The van der Waals surface area contributed by atoms with Gasteiger partial charge < -0.3 is 9.64 Å². The van der Waals surface area contributed by atoms with Crippen LogP contribution in [0.3, 0.4) is 0 Å². The molecule has 0 aliphatic carbocycles. The fraction of sp³-hybridized carbons (Fsp3) is 0.296. The first kappa shape index (κ1) is 21.2. The quantitative estimate of drug-likeness (QED) is 0.455. The van der Waals surface area contributed by atoms with Gasteiger partial charge in [0.1, 0.15) is 11.4 Å². The molecule has 33 heavy (non-hydrogen) atoms. The zero-order valence-electron chi connectivity index (χ0n) is 19.5. The topological polar surface area (TPSA) is 59.7 Å². The summed E-state index contributed by atoms with van der Waals surface area (Å²) in [5.41, 5.74) is 6.06. The maximum absolute atomic E-state index is 13.8. The molecule has 168 valence electrons. The Morgan fingerprint density at radius 1 is 1.00 bits per heavy atom. The monoisotopic (exact) mass is 440 g/mol. The lowest BCUT2D eigenvalue weighted by atomic mass is 9.93. The molecule has 0 bridgehead atoms. The third-order valence-corrected chi connectivity index (χ3v) is 6.20. The minimum Gasteiger partial charge on any atom is -0.497 e. The zero-order valence-corrected chi connectivity index (χ0v) is 19.5. The number of amides is 1. The van der Waals surface area contributed by atoms with Gasteiger partial charge in [0.25, 0.3) is 5.91 Å². The lowest BCUT2D eigenvalue weighted by molar-refractivity contribution is 0.0725. The van der Waals surface area contributed by atoms with Crippen LogP contribution in [-0.2, 0) is 18.4 Å². The Labute approximate surface area is 193 Å². The molecule has 0 fully saturated rings. The first-order valence-electron chi connectivity index (χ1n) is 11.3. The fourth-order valence-corrected chi connectivity index (χ4v) is 4.25. The Morgan fingerprint density at radius 3 is 2.55 bits per heavy atom. The molecule has 0 radical (unpaired) electrons. The summed E-state index contributed by atoms with van der Waals surface area (Å²) in [6.45, 7) is 7.62. The molecular weight excluding hydrogens is 412 g/mol. The average Bonchev–Trinajstić information content (AvgIpc) is 3.28. The molecule has 4 aromatic rings. The summed E-state index contributed by atoms with van der Waals surface area (Å²) in [5.74, 6) is 0.711. The maximum atomic E-state index is 13.8. The van der Waals surface area contributed by atoms with Crippen LogP contribution in [0.15, 0.2) is 60.7 Å². The fourth-order valence-electron chi connectivity index (χ4n) is 4.25. The van der Waals surface area contributed by atoms with Crippen molar-refractivity contribution in [1.29, 1.82) is 0 Å². The first-order chi connectivity index (χ1) is 15.8. The minimum absolute atomic E-state index is 0.0374. The molecule has 5 rings (SSSR count). The molecule has 0 atom stereocenters. The Balaban J connectivity index is 1.63. The summed E-state index contributed by atoms with van der Waals surface area (Å²) < 4.78 is 7.10. The van der Waals surface area contributed by atoms with Crippen LogP contribution in [0.4, 0.5) is 0 Å². The second kappa shape index (κ2) is 8.03. The number of nitrogens with zero attached hydrogens (tertiary/aromatic N) is 4. The number of hydrogen-bond acceptors (Lipinski definition) is 4. The number of aromatic nitrogens is 3. The first-order valence-corrected chi connectivity index (χ1v) is 11.3. The van der Waals surface area contributed by atoms with Gasteiger partial charge in [-0.2, -0.15) is 5.10 Å². The van der Waals surface area contributed by atoms with Gasteiger partial charge in [-0.3, -0.25) is 4.79 Å². The van der Waals surface area contributed by atoms with Crippen molar-refractivity contribution in [2.24, 2.45) is 0 Å². The van der Waals surface area contributed by atoms with Gasteiger partial charge in [-0.05, 0) is 35.7 Å². The van der Waals surface area contributed by atoms with Gasteiger partial charge in [-0.15, -0.1) is 0 Å². The maximum Gasteiger partial charge on any atom is 0.272 e. The largest absolute Gasteiger partial charge is 0.497 e. The molecule has 1 amide bonds. The number of rotatable bonds is 3. The molecule has 1 aliphatic heterocycles. The van der Waals surface area contributed by atoms with E-state index in [1.54, 1.807) is 11.6 Å². The lowest BCUT2D eigenvalue weighted by Crippen LogP contribution is -2.37. The van der Waals surface area contributed by atoms with Crippen molar-refractivity contribution in [3.8, 4) is 17.0 Å².